The number of benzene rings is 1. The number of aryl methyl sites for hydroxylation is 1. The van der Waals surface area contributed by atoms with Gasteiger partial charge in [-0.3, -0.25) is 4.99 Å². The quantitative estimate of drug-likeness (QED) is 0.464. The lowest BCUT2D eigenvalue weighted by molar-refractivity contribution is 0.125. The van der Waals surface area contributed by atoms with Gasteiger partial charge in [0.2, 0.25) is 0 Å². The fourth-order valence-electron chi connectivity index (χ4n) is 3.79. The molecule has 1 heterocycles. The Hall–Kier alpha value is -1.79. The first-order chi connectivity index (χ1) is 14.0. The molecule has 2 rings (SSSR count). The van der Waals surface area contributed by atoms with Crippen molar-refractivity contribution in [1.29, 1.82) is 0 Å². The average molecular weight is 404 g/mol. The molecular formula is C23H41N5O. The summed E-state index contributed by atoms with van der Waals surface area (Å²) in [5, 5.41) is 6.84. The van der Waals surface area contributed by atoms with Crippen LogP contribution in [-0.4, -0.2) is 81.8 Å². The summed E-state index contributed by atoms with van der Waals surface area (Å²) in [5.41, 5.74) is 2.49. The molecule has 1 atom stereocenters. The van der Waals surface area contributed by atoms with Gasteiger partial charge >= 0.3 is 0 Å². The van der Waals surface area contributed by atoms with E-state index in [1.54, 1.807) is 7.11 Å². The number of nitrogens with one attached hydrogen (secondary N) is 2. The number of nitrogens with zero attached hydrogens (tertiary/aromatic N) is 3. The number of ether oxygens (including phenoxy) is 1. The van der Waals surface area contributed by atoms with Gasteiger partial charge in [-0.1, -0.05) is 31.5 Å². The molecule has 1 unspecified atom stereocenters. The number of hydrogen-bond donors (Lipinski definition) is 2. The molecule has 29 heavy (non-hydrogen) atoms. The second-order valence-corrected chi connectivity index (χ2v) is 8.05. The van der Waals surface area contributed by atoms with Crippen LogP contribution in [0.5, 0.6) is 5.75 Å². The zero-order valence-electron chi connectivity index (χ0n) is 19.1. The maximum Gasteiger partial charge on any atom is 0.191 e. The highest BCUT2D eigenvalue weighted by molar-refractivity contribution is 5.79. The van der Waals surface area contributed by atoms with E-state index < -0.39 is 0 Å². The number of guanidine groups is 1. The van der Waals surface area contributed by atoms with Crippen LogP contribution in [0.2, 0.25) is 0 Å². The number of likely N-dealkylation sites (N-methyl/N-ethyl adjacent to an activating group) is 1. The number of methoxy groups -OCH3 is 1. The molecule has 6 heteroatoms. The highest BCUT2D eigenvalue weighted by atomic mass is 16.5. The monoisotopic (exact) mass is 403 g/mol. The highest BCUT2D eigenvalue weighted by Crippen LogP contribution is 2.19. The van der Waals surface area contributed by atoms with E-state index in [1.807, 2.05) is 6.07 Å². The average Bonchev–Trinajstić information content (AvgIpc) is 2.72. The van der Waals surface area contributed by atoms with Gasteiger partial charge in [-0.2, -0.15) is 0 Å². The van der Waals surface area contributed by atoms with Gasteiger partial charge in [-0.25, -0.2) is 0 Å². The molecule has 0 radical (unpaired) electrons. The zero-order chi connectivity index (χ0) is 21.1. The van der Waals surface area contributed by atoms with E-state index in [1.165, 1.54) is 43.9 Å². The largest absolute Gasteiger partial charge is 0.496 e. The lowest BCUT2D eigenvalue weighted by Gasteiger charge is -2.35. The molecule has 1 aromatic carbocycles. The van der Waals surface area contributed by atoms with Crippen molar-refractivity contribution in [1.82, 2.24) is 20.4 Å². The predicted molar refractivity (Wildman–Crippen MR) is 123 cm³/mol. The second kappa shape index (κ2) is 12.7. The van der Waals surface area contributed by atoms with Gasteiger partial charge in [0.1, 0.15) is 5.75 Å². The smallest absolute Gasteiger partial charge is 0.191 e. The van der Waals surface area contributed by atoms with E-state index in [-0.39, 0.29) is 0 Å². The molecule has 0 amide bonds. The van der Waals surface area contributed by atoms with Crippen molar-refractivity contribution < 1.29 is 4.74 Å². The minimum atomic E-state index is 0.551. The summed E-state index contributed by atoms with van der Waals surface area (Å²) in [6.45, 7) is 18.4. The molecule has 0 saturated carbocycles. The van der Waals surface area contributed by atoms with E-state index >= 15 is 0 Å². The Kier molecular flexibility index (Phi) is 10.3. The third-order valence-electron chi connectivity index (χ3n) is 5.51. The van der Waals surface area contributed by atoms with Crippen molar-refractivity contribution in [3.63, 3.8) is 0 Å². The molecule has 0 aromatic heterocycles. The predicted octanol–water partition coefficient (Wildman–Crippen LogP) is 2.37. The Morgan fingerprint density at radius 2 is 1.86 bits per heavy atom. The van der Waals surface area contributed by atoms with Crippen molar-refractivity contribution >= 4 is 5.96 Å². The van der Waals surface area contributed by atoms with Crippen LogP contribution in [0, 0.1) is 12.8 Å². The third-order valence-corrected chi connectivity index (χ3v) is 5.51. The molecule has 0 spiro atoms. The van der Waals surface area contributed by atoms with Crippen LogP contribution in [0.15, 0.2) is 23.2 Å². The zero-order valence-corrected chi connectivity index (χ0v) is 19.1. The van der Waals surface area contributed by atoms with Crippen LogP contribution in [0.25, 0.3) is 0 Å². The molecule has 164 valence electrons. The first-order valence-corrected chi connectivity index (χ1v) is 11.2. The lowest BCUT2D eigenvalue weighted by atomic mass is 10.1. The molecule has 1 aromatic rings. The molecule has 0 aliphatic carbocycles. The molecule has 1 aliphatic heterocycles. The van der Waals surface area contributed by atoms with Gasteiger partial charge in [0.15, 0.2) is 5.96 Å². The van der Waals surface area contributed by atoms with E-state index in [2.05, 4.69) is 60.3 Å². The highest BCUT2D eigenvalue weighted by Gasteiger charge is 2.17. The van der Waals surface area contributed by atoms with Crippen molar-refractivity contribution in [2.75, 3.05) is 66.0 Å². The Morgan fingerprint density at radius 1 is 1.14 bits per heavy atom. The van der Waals surface area contributed by atoms with Gasteiger partial charge in [0.05, 0.1) is 7.11 Å². The Bertz CT molecular complexity index is 626. The van der Waals surface area contributed by atoms with Gasteiger partial charge in [0.25, 0.3) is 0 Å². The lowest BCUT2D eigenvalue weighted by Crippen LogP contribution is -2.47. The van der Waals surface area contributed by atoms with E-state index in [0.717, 1.165) is 44.3 Å². The summed E-state index contributed by atoms with van der Waals surface area (Å²) in [6, 6.07) is 6.34. The molecule has 0 bridgehead atoms. The van der Waals surface area contributed by atoms with Gasteiger partial charge in [0, 0.05) is 52.4 Å². The first kappa shape index (κ1) is 23.5. The Morgan fingerprint density at radius 3 is 2.52 bits per heavy atom. The number of piperazine rings is 1. The minimum absolute atomic E-state index is 0.551. The fourth-order valence-corrected chi connectivity index (χ4v) is 3.79. The molecule has 6 nitrogen and oxygen atoms in total. The maximum absolute atomic E-state index is 5.49. The van der Waals surface area contributed by atoms with Crippen LogP contribution in [-0.2, 0) is 6.42 Å². The SMILES string of the molecule is CCNC(=NCC(C)CN1CCN(CC)CC1)NCCc1cc(C)ccc1OC. The molecule has 1 saturated heterocycles. The maximum atomic E-state index is 5.49. The van der Waals surface area contributed by atoms with Crippen LogP contribution in [0.4, 0.5) is 0 Å². The molecule has 1 aliphatic rings. The van der Waals surface area contributed by atoms with Gasteiger partial charge < -0.3 is 25.2 Å². The van der Waals surface area contributed by atoms with Crippen molar-refractivity contribution in [3.8, 4) is 5.75 Å². The second-order valence-electron chi connectivity index (χ2n) is 8.05. The number of aliphatic imine (C=N–C) groups is 1. The third kappa shape index (κ3) is 8.23. The minimum Gasteiger partial charge on any atom is -0.496 e. The summed E-state index contributed by atoms with van der Waals surface area (Å²) >= 11 is 0. The molecular weight excluding hydrogens is 362 g/mol. The number of hydrogen-bond acceptors (Lipinski definition) is 4. The van der Waals surface area contributed by atoms with Crippen molar-refractivity contribution in [3.05, 3.63) is 29.3 Å². The fraction of sp³-hybridized carbons (Fsp3) is 0.696. The topological polar surface area (TPSA) is 52.1 Å². The summed E-state index contributed by atoms with van der Waals surface area (Å²) in [5.74, 6) is 2.41. The van der Waals surface area contributed by atoms with E-state index in [9.17, 15) is 0 Å². The number of rotatable bonds is 10. The Balaban J connectivity index is 1.79. The van der Waals surface area contributed by atoms with Crippen molar-refractivity contribution in [2.45, 2.75) is 34.1 Å². The summed E-state index contributed by atoms with van der Waals surface area (Å²) < 4.78 is 5.49. The molecule has 2 N–H and O–H groups in total. The van der Waals surface area contributed by atoms with Crippen LogP contribution in [0.1, 0.15) is 31.9 Å². The van der Waals surface area contributed by atoms with E-state index in [0.29, 0.717) is 5.92 Å². The first-order valence-electron chi connectivity index (χ1n) is 11.2. The summed E-state index contributed by atoms with van der Waals surface area (Å²) in [6.07, 6.45) is 0.909. The van der Waals surface area contributed by atoms with Gasteiger partial charge in [-0.15, -0.1) is 0 Å². The van der Waals surface area contributed by atoms with E-state index in [4.69, 9.17) is 9.73 Å². The standard InChI is InChI=1S/C23H41N5O/c1-6-24-23(25-11-10-21-16-19(3)8-9-22(21)29-5)26-17-20(4)18-28-14-12-27(7-2)13-15-28/h8-9,16,20H,6-7,10-15,17-18H2,1-5H3,(H2,24,25,26). The molecule has 1 fully saturated rings. The summed E-state index contributed by atoms with van der Waals surface area (Å²) in [4.78, 5) is 9.93. The Labute approximate surface area is 177 Å². The van der Waals surface area contributed by atoms with Gasteiger partial charge in [-0.05, 0) is 44.4 Å². The normalized spacial score (nSPS) is 17.2. The van der Waals surface area contributed by atoms with Crippen LogP contribution >= 0.6 is 0 Å². The summed E-state index contributed by atoms with van der Waals surface area (Å²) in [7, 11) is 1.73. The van der Waals surface area contributed by atoms with Crippen LogP contribution in [0.3, 0.4) is 0 Å². The van der Waals surface area contributed by atoms with Crippen LogP contribution < -0.4 is 15.4 Å². The van der Waals surface area contributed by atoms with Crippen molar-refractivity contribution in [2.24, 2.45) is 10.9 Å².